The fourth-order valence-electron chi connectivity index (χ4n) is 1.77. The first-order chi connectivity index (χ1) is 8.00. The van der Waals surface area contributed by atoms with E-state index >= 15 is 0 Å². The Bertz CT molecular complexity index is 493. The van der Waals surface area contributed by atoms with Crippen LogP contribution in [0.5, 0.6) is 0 Å². The molecule has 0 aliphatic carbocycles. The summed E-state index contributed by atoms with van der Waals surface area (Å²) in [5.74, 6) is 0. The van der Waals surface area contributed by atoms with Crippen molar-refractivity contribution < 1.29 is 8.42 Å². The van der Waals surface area contributed by atoms with E-state index in [0.717, 1.165) is 13.0 Å². The molecule has 0 radical (unpaired) electrons. The second kappa shape index (κ2) is 5.12. The lowest BCUT2D eigenvalue weighted by Crippen LogP contribution is -2.36. The van der Waals surface area contributed by atoms with Gasteiger partial charge in [-0.1, -0.05) is 29.3 Å². The highest BCUT2D eigenvalue weighted by atomic mass is 35.5. The molecule has 1 fully saturated rings. The zero-order valence-corrected chi connectivity index (χ0v) is 11.2. The molecule has 1 aliphatic heterocycles. The quantitative estimate of drug-likeness (QED) is 0.891. The molecule has 1 aromatic rings. The van der Waals surface area contributed by atoms with E-state index in [2.05, 4.69) is 10.0 Å². The van der Waals surface area contributed by atoms with Crippen molar-refractivity contribution in [2.75, 3.05) is 13.1 Å². The minimum atomic E-state index is -3.66. The third-order valence-corrected chi connectivity index (χ3v) is 5.04. The number of rotatable bonds is 3. The maximum atomic E-state index is 12.1. The molecule has 1 saturated heterocycles. The van der Waals surface area contributed by atoms with Gasteiger partial charge in [0.1, 0.15) is 4.90 Å². The van der Waals surface area contributed by atoms with Gasteiger partial charge in [0.15, 0.2) is 0 Å². The van der Waals surface area contributed by atoms with Crippen LogP contribution in [0.3, 0.4) is 0 Å². The van der Waals surface area contributed by atoms with E-state index in [0.29, 0.717) is 6.54 Å². The Morgan fingerprint density at radius 3 is 2.47 bits per heavy atom. The normalized spacial score (nSPS) is 20.7. The lowest BCUT2D eigenvalue weighted by Gasteiger charge is -2.13. The van der Waals surface area contributed by atoms with Gasteiger partial charge in [-0.15, -0.1) is 0 Å². The highest BCUT2D eigenvalue weighted by molar-refractivity contribution is 7.89. The summed E-state index contributed by atoms with van der Waals surface area (Å²) in [5, 5.41) is 3.35. The van der Waals surface area contributed by atoms with Gasteiger partial charge in [-0.3, -0.25) is 0 Å². The molecular formula is C10H12Cl2N2O2S. The zero-order chi connectivity index (χ0) is 12.5. The van der Waals surface area contributed by atoms with Crippen LogP contribution in [-0.2, 0) is 10.0 Å². The van der Waals surface area contributed by atoms with Crippen LogP contribution in [0.4, 0.5) is 0 Å². The van der Waals surface area contributed by atoms with Crippen LogP contribution >= 0.6 is 23.2 Å². The standard InChI is InChI=1S/C10H12Cl2N2O2S/c11-8-2-1-3-9(12)10(8)17(15,16)14-7-4-5-13-6-7/h1-3,7,13-14H,4-6H2. The molecule has 4 nitrogen and oxygen atoms in total. The fraction of sp³-hybridized carbons (Fsp3) is 0.400. The third-order valence-electron chi connectivity index (χ3n) is 2.57. The zero-order valence-electron chi connectivity index (χ0n) is 8.91. The first-order valence-electron chi connectivity index (χ1n) is 5.18. The van der Waals surface area contributed by atoms with E-state index in [9.17, 15) is 8.42 Å². The van der Waals surface area contributed by atoms with Crippen LogP contribution in [0.15, 0.2) is 23.1 Å². The molecule has 1 aromatic carbocycles. The van der Waals surface area contributed by atoms with Crippen molar-refractivity contribution >= 4 is 33.2 Å². The van der Waals surface area contributed by atoms with Crippen molar-refractivity contribution in [3.8, 4) is 0 Å². The molecule has 0 bridgehead atoms. The Kier molecular flexibility index (Phi) is 3.95. The Balaban J connectivity index is 2.31. The van der Waals surface area contributed by atoms with Crippen LogP contribution in [0, 0.1) is 0 Å². The number of benzene rings is 1. The van der Waals surface area contributed by atoms with Gasteiger partial charge < -0.3 is 5.32 Å². The van der Waals surface area contributed by atoms with Crippen molar-refractivity contribution in [2.24, 2.45) is 0 Å². The topological polar surface area (TPSA) is 58.2 Å². The van der Waals surface area contributed by atoms with Crippen molar-refractivity contribution in [1.29, 1.82) is 0 Å². The Morgan fingerprint density at radius 2 is 1.94 bits per heavy atom. The third kappa shape index (κ3) is 2.92. The lowest BCUT2D eigenvalue weighted by molar-refractivity contribution is 0.560. The SMILES string of the molecule is O=S(=O)(NC1CCNC1)c1c(Cl)cccc1Cl. The predicted octanol–water partition coefficient (Wildman–Crippen LogP) is 1.63. The second-order valence-electron chi connectivity index (χ2n) is 3.86. The van der Waals surface area contributed by atoms with Crippen molar-refractivity contribution in [3.63, 3.8) is 0 Å². The maximum absolute atomic E-state index is 12.1. The average molecular weight is 295 g/mol. The molecule has 1 aliphatic rings. The average Bonchev–Trinajstić information content (AvgIpc) is 2.68. The van der Waals surface area contributed by atoms with Gasteiger partial charge in [0.2, 0.25) is 10.0 Å². The van der Waals surface area contributed by atoms with Crippen LogP contribution in [0.2, 0.25) is 10.0 Å². The van der Waals surface area contributed by atoms with E-state index in [-0.39, 0.29) is 21.0 Å². The van der Waals surface area contributed by atoms with E-state index in [1.165, 1.54) is 12.1 Å². The van der Waals surface area contributed by atoms with Crippen LogP contribution in [-0.4, -0.2) is 27.5 Å². The van der Waals surface area contributed by atoms with Gasteiger partial charge in [0.25, 0.3) is 0 Å². The van der Waals surface area contributed by atoms with Gasteiger partial charge in [-0.2, -0.15) is 0 Å². The first-order valence-corrected chi connectivity index (χ1v) is 7.41. The number of halogens is 2. The molecule has 0 amide bonds. The summed E-state index contributed by atoms with van der Waals surface area (Å²) in [7, 11) is -3.66. The van der Waals surface area contributed by atoms with Gasteiger partial charge in [-0.25, -0.2) is 13.1 Å². The molecule has 7 heteroatoms. The van der Waals surface area contributed by atoms with Gasteiger partial charge >= 0.3 is 0 Å². The van der Waals surface area contributed by atoms with E-state index in [1.54, 1.807) is 6.07 Å². The smallest absolute Gasteiger partial charge is 0.243 e. The Morgan fingerprint density at radius 1 is 1.29 bits per heavy atom. The van der Waals surface area contributed by atoms with Crippen LogP contribution in [0.25, 0.3) is 0 Å². The summed E-state index contributed by atoms with van der Waals surface area (Å²) >= 11 is 11.8. The minimum Gasteiger partial charge on any atom is -0.315 e. The number of hydrogen-bond donors (Lipinski definition) is 2. The van der Waals surface area contributed by atoms with E-state index in [1.807, 2.05) is 0 Å². The monoisotopic (exact) mass is 294 g/mol. The second-order valence-corrected chi connectivity index (χ2v) is 6.33. The summed E-state index contributed by atoms with van der Waals surface area (Å²) in [6.45, 7) is 1.44. The molecule has 2 rings (SSSR count). The number of hydrogen-bond acceptors (Lipinski definition) is 3. The summed E-state index contributed by atoms with van der Waals surface area (Å²) < 4.78 is 26.8. The highest BCUT2D eigenvalue weighted by Crippen LogP contribution is 2.29. The number of nitrogens with one attached hydrogen (secondary N) is 2. The summed E-state index contributed by atoms with van der Waals surface area (Å²) in [5.41, 5.74) is 0. The maximum Gasteiger partial charge on any atom is 0.243 e. The van der Waals surface area contributed by atoms with E-state index in [4.69, 9.17) is 23.2 Å². The first kappa shape index (κ1) is 13.1. The molecule has 1 unspecified atom stereocenters. The van der Waals surface area contributed by atoms with Crippen molar-refractivity contribution in [3.05, 3.63) is 28.2 Å². The predicted molar refractivity (Wildman–Crippen MR) is 68.1 cm³/mol. The summed E-state index contributed by atoms with van der Waals surface area (Å²) in [4.78, 5) is -0.0461. The van der Waals surface area contributed by atoms with Crippen molar-refractivity contribution in [2.45, 2.75) is 17.4 Å². The molecule has 0 spiro atoms. The molecule has 1 atom stereocenters. The number of sulfonamides is 1. The van der Waals surface area contributed by atoms with Crippen molar-refractivity contribution in [1.82, 2.24) is 10.0 Å². The van der Waals surface area contributed by atoms with Gasteiger partial charge in [0.05, 0.1) is 10.0 Å². The molecule has 0 saturated carbocycles. The van der Waals surface area contributed by atoms with E-state index < -0.39 is 10.0 Å². The molecule has 2 N–H and O–H groups in total. The summed E-state index contributed by atoms with van der Waals surface area (Å²) in [6.07, 6.45) is 0.765. The van der Waals surface area contributed by atoms with Gasteiger partial charge in [0, 0.05) is 12.6 Å². The lowest BCUT2D eigenvalue weighted by atomic mass is 10.3. The molecule has 1 heterocycles. The van der Waals surface area contributed by atoms with Gasteiger partial charge in [-0.05, 0) is 25.1 Å². The largest absolute Gasteiger partial charge is 0.315 e. The molecule has 17 heavy (non-hydrogen) atoms. The highest BCUT2D eigenvalue weighted by Gasteiger charge is 2.26. The fourth-order valence-corrected chi connectivity index (χ4v) is 4.19. The Hall–Kier alpha value is -0.330. The molecule has 0 aromatic heterocycles. The molecular weight excluding hydrogens is 283 g/mol. The summed E-state index contributed by atoms with van der Waals surface area (Å²) in [6, 6.07) is 4.53. The Labute approximate surface area is 110 Å². The molecule has 94 valence electrons. The van der Waals surface area contributed by atoms with Crippen LogP contribution < -0.4 is 10.0 Å². The van der Waals surface area contributed by atoms with Crippen LogP contribution in [0.1, 0.15) is 6.42 Å². The minimum absolute atomic E-state index is 0.0461.